The Bertz CT molecular complexity index is 308. The molecule has 116 valence electrons. The van der Waals surface area contributed by atoms with Crippen LogP contribution in [0.2, 0.25) is 0 Å². The number of piperazine rings is 1. The molecule has 0 aromatic heterocycles. The van der Waals surface area contributed by atoms with Crippen LogP contribution in [-0.4, -0.2) is 68.0 Å². The van der Waals surface area contributed by atoms with Gasteiger partial charge in [-0.2, -0.15) is 0 Å². The first kappa shape index (κ1) is 18.9. The van der Waals surface area contributed by atoms with E-state index >= 15 is 0 Å². The minimum Gasteiger partial charge on any atom is -0.298 e. The van der Waals surface area contributed by atoms with Gasteiger partial charge in [0.05, 0.1) is 11.5 Å². The lowest BCUT2D eigenvalue weighted by atomic mass is 10.2. The molecule has 2 fully saturated rings. The van der Waals surface area contributed by atoms with Gasteiger partial charge in [-0.25, -0.2) is 8.42 Å². The predicted molar refractivity (Wildman–Crippen MR) is 83.4 cm³/mol. The Morgan fingerprint density at radius 1 is 0.895 bits per heavy atom. The monoisotopic (exact) mass is 292 g/mol. The zero-order chi connectivity index (χ0) is 15.1. The lowest BCUT2D eigenvalue weighted by Crippen LogP contribution is -2.59. The zero-order valence-corrected chi connectivity index (χ0v) is 14.3. The van der Waals surface area contributed by atoms with E-state index in [1.54, 1.807) is 0 Å². The average molecular weight is 292 g/mol. The van der Waals surface area contributed by atoms with E-state index < -0.39 is 9.84 Å². The van der Waals surface area contributed by atoms with E-state index in [4.69, 9.17) is 0 Å². The maximum Gasteiger partial charge on any atom is 0.153 e. The molecule has 2 rings (SSSR count). The van der Waals surface area contributed by atoms with E-state index in [-0.39, 0.29) is 0 Å². The van der Waals surface area contributed by atoms with Gasteiger partial charge in [0.15, 0.2) is 9.84 Å². The van der Waals surface area contributed by atoms with E-state index in [9.17, 15) is 8.42 Å². The fourth-order valence-corrected chi connectivity index (χ4v) is 3.86. The summed E-state index contributed by atoms with van der Waals surface area (Å²) < 4.78 is 22.2. The van der Waals surface area contributed by atoms with E-state index in [1.165, 1.54) is 0 Å². The summed E-state index contributed by atoms with van der Waals surface area (Å²) in [5.41, 5.74) is 0. The summed E-state index contributed by atoms with van der Waals surface area (Å²) in [4.78, 5) is 4.78. The normalized spacial score (nSPS) is 23.7. The molecule has 0 radical (unpaired) electrons. The fraction of sp³-hybridized carbons (Fsp3) is 1.00. The molecular formula is C14H32N2O2S. The third kappa shape index (κ3) is 5.79. The Morgan fingerprint density at radius 2 is 1.32 bits per heavy atom. The quantitative estimate of drug-likeness (QED) is 0.779. The van der Waals surface area contributed by atoms with Crippen LogP contribution in [0.3, 0.4) is 0 Å². The van der Waals surface area contributed by atoms with Gasteiger partial charge in [-0.1, -0.05) is 27.7 Å². The van der Waals surface area contributed by atoms with Crippen LogP contribution in [0.25, 0.3) is 0 Å². The van der Waals surface area contributed by atoms with Gasteiger partial charge in [0.1, 0.15) is 0 Å². The Hall–Kier alpha value is -0.130. The van der Waals surface area contributed by atoms with Crippen LogP contribution in [-0.2, 0) is 9.84 Å². The molecule has 5 heteroatoms. The summed E-state index contributed by atoms with van der Waals surface area (Å²) in [5.74, 6) is 0.767. The van der Waals surface area contributed by atoms with E-state index in [2.05, 4.69) is 23.6 Å². The van der Waals surface area contributed by atoms with Crippen molar-refractivity contribution >= 4 is 9.84 Å². The van der Waals surface area contributed by atoms with Gasteiger partial charge in [0.25, 0.3) is 0 Å². The SMILES string of the molecule is CC.CC.CC(C)N1CCN(C2CS(=O)(=O)C2)CC1. The topological polar surface area (TPSA) is 40.6 Å². The van der Waals surface area contributed by atoms with Crippen molar-refractivity contribution in [3.05, 3.63) is 0 Å². The van der Waals surface area contributed by atoms with Crippen LogP contribution in [0, 0.1) is 0 Å². The minimum atomic E-state index is -2.67. The number of nitrogens with zero attached hydrogens (tertiary/aromatic N) is 2. The molecule has 0 aromatic rings. The molecule has 0 aromatic carbocycles. The molecule has 2 aliphatic rings. The number of hydrogen-bond donors (Lipinski definition) is 0. The van der Waals surface area contributed by atoms with Gasteiger partial charge < -0.3 is 0 Å². The molecule has 0 amide bonds. The first-order valence-corrected chi connectivity index (χ1v) is 9.48. The van der Waals surface area contributed by atoms with Gasteiger partial charge in [-0.15, -0.1) is 0 Å². The molecule has 4 nitrogen and oxygen atoms in total. The van der Waals surface area contributed by atoms with Crippen LogP contribution in [0.4, 0.5) is 0 Å². The highest BCUT2D eigenvalue weighted by Gasteiger charge is 2.38. The summed E-state index contributed by atoms with van der Waals surface area (Å²) >= 11 is 0. The van der Waals surface area contributed by atoms with Gasteiger partial charge in [0.2, 0.25) is 0 Å². The largest absolute Gasteiger partial charge is 0.298 e. The molecule has 0 atom stereocenters. The molecule has 2 saturated heterocycles. The molecule has 0 bridgehead atoms. The van der Waals surface area contributed by atoms with E-state index in [1.807, 2.05) is 27.7 Å². The highest BCUT2D eigenvalue weighted by atomic mass is 32.2. The summed E-state index contributed by atoms with van der Waals surface area (Å²) in [6.45, 7) is 16.6. The van der Waals surface area contributed by atoms with Crippen LogP contribution < -0.4 is 0 Å². The van der Waals surface area contributed by atoms with Crippen molar-refractivity contribution in [2.75, 3.05) is 37.7 Å². The van der Waals surface area contributed by atoms with Gasteiger partial charge in [0, 0.05) is 38.3 Å². The van der Waals surface area contributed by atoms with E-state index in [0.29, 0.717) is 23.6 Å². The van der Waals surface area contributed by atoms with Crippen LogP contribution >= 0.6 is 0 Å². The maximum atomic E-state index is 11.1. The average Bonchev–Trinajstić information content (AvgIpc) is 2.40. The molecule has 2 aliphatic heterocycles. The molecule has 0 N–H and O–H groups in total. The first-order valence-electron chi connectivity index (χ1n) is 7.66. The summed E-state index contributed by atoms with van der Waals surface area (Å²) in [7, 11) is -2.67. The van der Waals surface area contributed by atoms with Gasteiger partial charge >= 0.3 is 0 Å². The van der Waals surface area contributed by atoms with Crippen molar-refractivity contribution in [1.82, 2.24) is 9.80 Å². The molecular weight excluding hydrogens is 260 g/mol. The Kier molecular flexibility index (Phi) is 8.86. The van der Waals surface area contributed by atoms with Crippen molar-refractivity contribution in [3.63, 3.8) is 0 Å². The Balaban J connectivity index is 0.000000741. The van der Waals surface area contributed by atoms with Crippen LogP contribution in [0.5, 0.6) is 0 Å². The molecule has 19 heavy (non-hydrogen) atoms. The molecule has 0 saturated carbocycles. The van der Waals surface area contributed by atoms with Gasteiger partial charge in [-0.05, 0) is 13.8 Å². The highest BCUT2D eigenvalue weighted by molar-refractivity contribution is 7.92. The Morgan fingerprint density at radius 3 is 1.63 bits per heavy atom. The first-order chi connectivity index (χ1) is 8.98. The van der Waals surface area contributed by atoms with Crippen LogP contribution in [0.1, 0.15) is 41.5 Å². The molecule has 2 heterocycles. The number of sulfone groups is 1. The third-order valence-corrected chi connectivity index (χ3v) is 5.27. The zero-order valence-electron chi connectivity index (χ0n) is 13.5. The van der Waals surface area contributed by atoms with Crippen molar-refractivity contribution in [2.45, 2.75) is 53.6 Å². The second-order valence-electron chi connectivity index (χ2n) is 4.90. The fourth-order valence-electron chi connectivity index (χ4n) is 2.37. The van der Waals surface area contributed by atoms with Crippen LogP contribution in [0.15, 0.2) is 0 Å². The van der Waals surface area contributed by atoms with Crippen molar-refractivity contribution < 1.29 is 8.42 Å². The smallest absolute Gasteiger partial charge is 0.153 e. The predicted octanol–water partition coefficient (Wildman–Crippen LogP) is 1.86. The number of hydrogen-bond acceptors (Lipinski definition) is 4. The molecule has 0 spiro atoms. The maximum absolute atomic E-state index is 11.1. The van der Waals surface area contributed by atoms with Gasteiger partial charge in [-0.3, -0.25) is 9.80 Å². The summed E-state index contributed by atoms with van der Waals surface area (Å²) in [6, 6.07) is 0.918. The highest BCUT2D eigenvalue weighted by Crippen LogP contribution is 2.19. The lowest BCUT2D eigenvalue weighted by molar-refractivity contribution is 0.0863. The minimum absolute atomic E-state index is 0.310. The third-order valence-electron chi connectivity index (χ3n) is 3.49. The van der Waals surface area contributed by atoms with Crippen molar-refractivity contribution in [1.29, 1.82) is 0 Å². The second-order valence-corrected chi connectivity index (χ2v) is 7.05. The van der Waals surface area contributed by atoms with Crippen molar-refractivity contribution in [2.24, 2.45) is 0 Å². The standard InChI is InChI=1S/C10H20N2O2S.2C2H6/c1-9(2)11-3-5-12(6-4-11)10-7-15(13,14)8-10;2*1-2/h9-10H,3-8H2,1-2H3;2*1-2H3. The lowest BCUT2D eigenvalue weighted by Gasteiger charge is -2.43. The van der Waals surface area contributed by atoms with Crippen molar-refractivity contribution in [3.8, 4) is 0 Å². The summed E-state index contributed by atoms with van der Waals surface area (Å²) in [6.07, 6.45) is 0. The second kappa shape index (κ2) is 8.93. The Labute approximate surface area is 120 Å². The van der Waals surface area contributed by atoms with E-state index in [0.717, 1.165) is 26.2 Å². The summed E-state index contributed by atoms with van der Waals surface area (Å²) in [5, 5.41) is 0. The molecule has 0 unspecified atom stereocenters. The molecule has 0 aliphatic carbocycles. The number of rotatable bonds is 2.